The van der Waals surface area contributed by atoms with Crippen molar-refractivity contribution in [3.8, 4) is 0 Å². The van der Waals surface area contributed by atoms with Crippen LogP contribution in [0.3, 0.4) is 0 Å². The number of hydrogen-bond donors (Lipinski definition) is 0. The highest BCUT2D eigenvalue weighted by Crippen LogP contribution is 2.41. The summed E-state index contributed by atoms with van der Waals surface area (Å²) < 4.78 is 183. The predicted octanol–water partition coefficient (Wildman–Crippen LogP) is 3.02. The van der Waals surface area contributed by atoms with Crippen LogP contribution in [0.15, 0.2) is 12.7 Å². The van der Waals surface area contributed by atoms with Crippen molar-refractivity contribution in [1.82, 2.24) is 19.5 Å². The normalized spacial score (nSPS) is 22.9. The monoisotopic (exact) mass is 676 g/mol. The van der Waals surface area contributed by atoms with Gasteiger partial charge in [0.1, 0.15) is 17.9 Å². The maximum atomic E-state index is 12.8. The molecule has 13 nitrogen and oxygen atoms in total. The molecule has 4 atom stereocenters. The molecule has 41 heavy (non-hydrogen) atoms. The van der Waals surface area contributed by atoms with E-state index in [-0.39, 0.29) is 0 Å². The summed E-state index contributed by atoms with van der Waals surface area (Å²) in [5.41, 5.74) is -16.7. The van der Waals surface area contributed by atoms with E-state index in [1.807, 2.05) is 3.63 Å². The third kappa shape index (κ3) is 7.36. The van der Waals surface area contributed by atoms with Gasteiger partial charge in [0.05, 0.1) is 18.1 Å². The van der Waals surface area contributed by atoms with Crippen molar-refractivity contribution in [3.05, 3.63) is 18.3 Å². The molecular formula is C16H17F9N4O9S3. The predicted molar refractivity (Wildman–Crippen MR) is 114 cm³/mol. The van der Waals surface area contributed by atoms with Crippen LogP contribution in [0.4, 0.5) is 39.5 Å². The molecule has 0 radical (unpaired) electrons. The van der Waals surface area contributed by atoms with Crippen molar-refractivity contribution in [3.63, 3.8) is 0 Å². The third-order valence-electron chi connectivity index (χ3n) is 5.19. The minimum Gasteiger partial charge on any atom is -0.351 e. The molecule has 236 valence electrons. The summed E-state index contributed by atoms with van der Waals surface area (Å²) in [7, 11) is -19.5. The maximum Gasteiger partial charge on any atom is 0.524 e. The van der Waals surface area contributed by atoms with Crippen LogP contribution in [0.2, 0.25) is 0 Å². The molecule has 1 aliphatic heterocycles. The minimum absolute atomic E-state index is 0.324. The zero-order valence-electron chi connectivity index (χ0n) is 20.3. The first-order chi connectivity index (χ1) is 18.3. The van der Waals surface area contributed by atoms with Crippen molar-refractivity contribution in [2.45, 2.75) is 62.2 Å². The SMILES string of the molecule is CC[C@H]1O[C@@H](n2cnc3c(C)ncnc32)[C@H](OS(=O)(=O)C(F)(F)F)[C@@H]1C.O=S(=O)(OS(=O)(=O)C(F)(F)F)C(F)(F)F. The molecule has 0 aromatic carbocycles. The Morgan fingerprint density at radius 3 is 1.78 bits per heavy atom. The molecule has 0 unspecified atom stereocenters. The number of halogens is 9. The van der Waals surface area contributed by atoms with Crippen LogP contribution >= 0.6 is 0 Å². The van der Waals surface area contributed by atoms with Gasteiger partial charge in [-0.1, -0.05) is 13.8 Å². The number of ether oxygens (including phenoxy) is 1. The average Bonchev–Trinajstić information content (AvgIpc) is 3.33. The van der Waals surface area contributed by atoms with Crippen LogP contribution in [0.5, 0.6) is 0 Å². The number of fused-ring (bicyclic) bond motifs is 1. The Bertz CT molecular complexity index is 1530. The number of aryl methyl sites for hydroxylation is 1. The molecule has 3 rings (SSSR count). The molecule has 2 aromatic heterocycles. The highest BCUT2D eigenvalue weighted by molar-refractivity contribution is 8.00. The van der Waals surface area contributed by atoms with Gasteiger partial charge in [0.15, 0.2) is 11.9 Å². The summed E-state index contributed by atoms with van der Waals surface area (Å²) >= 11 is 0. The van der Waals surface area contributed by atoms with Gasteiger partial charge < -0.3 is 4.74 Å². The van der Waals surface area contributed by atoms with Crippen LogP contribution < -0.4 is 0 Å². The molecule has 0 saturated carbocycles. The van der Waals surface area contributed by atoms with Crippen LogP contribution in [-0.4, -0.2) is 73.5 Å². The van der Waals surface area contributed by atoms with E-state index in [9.17, 15) is 64.8 Å². The lowest BCUT2D eigenvalue weighted by atomic mass is 9.99. The second-order valence-corrected chi connectivity index (χ2v) is 12.8. The molecule has 3 heterocycles. The Kier molecular flexibility index (Phi) is 9.68. The molecule has 0 spiro atoms. The van der Waals surface area contributed by atoms with E-state index < -0.39 is 71.2 Å². The molecule has 2 aromatic rings. The number of rotatable bonds is 6. The average molecular weight is 677 g/mol. The maximum absolute atomic E-state index is 12.8. The van der Waals surface area contributed by atoms with Crippen molar-refractivity contribution >= 4 is 41.5 Å². The quantitative estimate of drug-likeness (QED) is 0.249. The van der Waals surface area contributed by atoms with E-state index in [4.69, 9.17) is 4.74 Å². The summed E-state index contributed by atoms with van der Waals surface area (Å²) in [4.78, 5) is 12.2. The van der Waals surface area contributed by atoms with Gasteiger partial charge in [-0.3, -0.25) is 8.75 Å². The first-order valence-electron chi connectivity index (χ1n) is 10.4. The molecule has 1 aliphatic rings. The van der Waals surface area contributed by atoms with Crippen molar-refractivity contribution in [2.75, 3.05) is 0 Å². The van der Waals surface area contributed by atoms with Crippen molar-refractivity contribution in [1.29, 1.82) is 0 Å². The Balaban J connectivity index is 0.000000337. The molecule has 0 N–H and O–H groups in total. The lowest BCUT2D eigenvalue weighted by molar-refractivity contribution is -0.0674. The third-order valence-corrected chi connectivity index (χ3v) is 8.80. The molecule has 0 bridgehead atoms. The van der Waals surface area contributed by atoms with Crippen molar-refractivity contribution in [2.24, 2.45) is 5.92 Å². The lowest BCUT2D eigenvalue weighted by Crippen LogP contribution is -2.35. The summed E-state index contributed by atoms with van der Waals surface area (Å²) in [6, 6.07) is 0. The largest absolute Gasteiger partial charge is 0.524 e. The van der Waals surface area contributed by atoms with Gasteiger partial charge in [0.2, 0.25) is 0 Å². The molecule has 0 amide bonds. The molecular weight excluding hydrogens is 659 g/mol. The van der Waals surface area contributed by atoms with E-state index in [1.165, 1.54) is 17.2 Å². The van der Waals surface area contributed by atoms with Gasteiger partial charge in [0, 0.05) is 5.92 Å². The van der Waals surface area contributed by atoms with Crippen LogP contribution in [0, 0.1) is 12.8 Å². The molecule has 25 heteroatoms. The fraction of sp³-hybridized carbons (Fsp3) is 0.688. The van der Waals surface area contributed by atoms with E-state index >= 15 is 0 Å². The summed E-state index contributed by atoms with van der Waals surface area (Å²) in [5, 5.41) is 0. The summed E-state index contributed by atoms with van der Waals surface area (Å²) in [5.74, 6) is -0.595. The first kappa shape index (κ1) is 34.8. The van der Waals surface area contributed by atoms with Crippen molar-refractivity contribution < 1.29 is 77.3 Å². The molecule has 1 fully saturated rings. The standard InChI is InChI=1S/C14H17F3N4O4S.C2F6O5S2/c1-4-9-7(2)11(25-26(22,23)14(15,16)17)13(24-9)21-6-20-10-8(3)18-5-19-12(10)21;3-1(4,5)14(9,10)13-15(11,12)2(6,7)8/h5-7,9,11,13H,4H2,1-3H3;/t7-,9-,11-,13-;/m1./s1. The molecule has 1 saturated heterocycles. The Morgan fingerprint density at radius 2 is 1.34 bits per heavy atom. The van der Waals surface area contributed by atoms with E-state index in [2.05, 4.69) is 19.1 Å². The Morgan fingerprint density at radius 1 is 0.854 bits per heavy atom. The summed E-state index contributed by atoms with van der Waals surface area (Å²) in [6.07, 6.45) is 0.121. The Labute approximate surface area is 225 Å². The van der Waals surface area contributed by atoms with Gasteiger partial charge in [-0.05, 0) is 13.3 Å². The fourth-order valence-corrected chi connectivity index (χ4v) is 5.46. The second-order valence-electron chi connectivity index (χ2n) is 7.94. The zero-order valence-corrected chi connectivity index (χ0v) is 22.7. The van der Waals surface area contributed by atoms with Gasteiger partial charge in [0.25, 0.3) is 0 Å². The lowest BCUT2D eigenvalue weighted by Gasteiger charge is -2.22. The fourth-order valence-electron chi connectivity index (χ4n) is 3.23. The van der Waals surface area contributed by atoms with Crippen LogP contribution in [-0.2, 0) is 42.9 Å². The second kappa shape index (κ2) is 11.4. The van der Waals surface area contributed by atoms with Gasteiger partial charge in [-0.25, -0.2) is 15.0 Å². The first-order valence-corrected chi connectivity index (χ1v) is 14.6. The topological polar surface area (TPSA) is 174 Å². The van der Waals surface area contributed by atoms with E-state index in [0.717, 1.165) is 0 Å². The number of imidazole rings is 1. The number of alkyl halides is 9. The number of aromatic nitrogens is 4. The van der Waals surface area contributed by atoms with Gasteiger partial charge in [-0.15, -0.1) is 3.63 Å². The van der Waals surface area contributed by atoms with E-state index in [1.54, 1.807) is 20.8 Å². The van der Waals surface area contributed by atoms with E-state index in [0.29, 0.717) is 23.3 Å². The Hall–Kier alpha value is -2.35. The highest BCUT2D eigenvalue weighted by atomic mass is 32.3. The summed E-state index contributed by atoms with van der Waals surface area (Å²) in [6.45, 7) is 5.08. The number of nitrogens with zero attached hydrogens (tertiary/aromatic N) is 4. The molecule has 0 aliphatic carbocycles. The van der Waals surface area contributed by atoms with Crippen LogP contribution in [0.1, 0.15) is 32.2 Å². The zero-order chi connectivity index (χ0) is 32.0. The van der Waals surface area contributed by atoms with Crippen LogP contribution in [0.25, 0.3) is 11.2 Å². The minimum atomic E-state index is -6.85. The van der Waals surface area contributed by atoms with Gasteiger partial charge >= 0.3 is 46.9 Å². The smallest absolute Gasteiger partial charge is 0.351 e. The number of hydrogen-bond acceptors (Lipinski definition) is 12. The highest BCUT2D eigenvalue weighted by Gasteiger charge is 2.57. The van der Waals surface area contributed by atoms with Gasteiger partial charge in [-0.2, -0.15) is 64.8 Å².